The van der Waals surface area contributed by atoms with Gasteiger partial charge in [0.25, 0.3) is 0 Å². The molecule has 0 aliphatic heterocycles. The molecule has 5 heavy (non-hydrogen) atoms. The molecular weight excluding hydrogens is 60.1 g/mol. The van der Waals surface area contributed by atoms with Gasteiger partial charge in [-0.25, -0.2) is 0 Å². The summed E-state index contributed by atoms with van der Waals surface area (Å²) in [6.45, 7) is 4.26. The van der Waals surface area contributed by atoms with Crippen molar-refractivity contribution in [2.45, 2.75) is 13.8 Å². The predicted molar refractivity (Wildman–Crippen MR) is 21.6 cm³/mol. The fraction of sp³-hybridized carbons (Fsp3) is 0.600. The van der Waals surface area contributed by atoms with Crippen LogP contribution >= 0.6 is 0 Å². The summed E-state index contributed by atoms with van der Waals surface area (Å²) in [7, 11) is 0. The van der Waals surface area contributed by atoms with Gasteiger partial charge in [0, 0.05) is 5.41 Å². The first-order valence-corrected chi connectivity index (χ1v) is 1.83. The quantitative estimate of drug-likeness (QED) is 0.401. The number of rotatable bonds is 0. The highest BCUT2D eigenvalue weighted by Gasteiger charge is 2.20. The highest BCUT2D eigenvalue weighted by atomic mass is 14.2. The smallest absolute Gasteiger partial charge is 0.00816 e. The summed E-state index contributed by atoms with van der Waals surface area (Å²) in [4.78, 5) is 0. The summed E-state index contributed by atoms with van der Waals surface area (Å²) in [6, 6.07) is 0. The van der Waals surface area contributed by atoms with Gasteiger partial charge in [0.2, 0.25) is 0 Å². The van der Waals surface area contributed by atoms with E-state index in [2.05, 4.69) is 26.0 Å². The van der Waals surface area contributed by atoms with Crippen molar-refractivity contribution in [3.63, 3.8) is 0 Å². The van der Waals surface area contributed by atoms with Gasteiger partial charge in [-0.1, -0.05) is 19.9 Å². The summed E-state index contributed by atoms with van der Waals surface area (Å²) in [6.07, 6.45) is 5.11. The highest BCUT2D eigenvalue weighted by Crippen LogP contribution is 2.29. The molecule has 1 aliphatic carbocycles. The maximum Gasteiger partial charge on any atom is 0.00816 e. The van der Waals surface area contributed by atoms with Gasteiger partial charge in [-0.05, 0) is 6.08 Å². The zero-order chi connectivity index (χ0) is 3.91. The van der Waals surface area contributed by atoms with Crippen LogP contribution in [-0.4, -0.2) is 0 Å². The molecule has 27 valence electrons. The summed E-state index contributed by atoms with van der Waals surface area (Å²) in [5.41, 5.74) is 0.375. The van der Waals surface area contributed by atoms with Crippen molar-refractivity contribution in [2.75, 3.05) is 0 Å². The van der Waals surface area contributed by atoms with Gasteiger partial charge in [0.1, 0.15) is 0 Å². The highest BCUT2D eigenvalue weighted by molar-refractivity contribution is 5.13. The van der Waals surface area contributed by atoms with Crippen LogP contribution in [0.2, 0.25) is 0 Å². The molecule has 1 rings (SSSR count). The standard InChI is InChI=1S/C5H7/c1-5(2)3-4-5/h3H,1-2H3. The molecule has 1 aliphatic rings. The molecule has 0 amide bonds. The van der Waals surface area contributed by atoms with E-state index < -0.39 is 0 Å². The van der Waals surface area contributed by atoms with E-state index in [1.807, 2.05) is 0 Å². The largest absolute Gasteiger partial charge is 0.0701 e. The predicted octanol–water partition coefficient (Wildman–Crippen LogP) is 1.39. The lowest BCUT2D eigenvalue weighted by molar-refractivity contribution is 0.718. The lowest BCUT2D eigenvalue weighted by Crippen LogP contribution is -1.79. The minimum absolute atomic E-state index is 0.375. The fourth-order valence-electron chi connectivity index (χ4n) is 0.144. The van der Waals surface area contributed by atoms with E-state index in [0.29, 0.717) is 5.41 Å². The molecular formula is C5H7. The molecule has 1 radical (unpaired) electrons. The summed E-state index contributed by atoms with van der Waals surface area (Å²) < 4.78 is 0. The van der Waals surface area contributed by atoms with Gasteiger partial charge < -0.3 is 0 Å². The average molecular weight is 67.1 g/mol. The molecule has 0 nitrogen and oxygen atoms in total. The van der Waals surface area contributed by atoms with Gasteiger partial charge in [-0.3, -0.25) is 0 Å². The lowest BCUT2D eigenvalue weighted by atomic mass is 10.2. The van der Waals surface area contributed by atoms with E-state index in [1.54, 1.807) is 0 Å². The first kappa shape index (κ1) is 2.95. The van der Waals surface area contributed by atoms with Crippen LogP contribution in [0.25, 0.3) is 0 Å². The molecule has 0 aromatic carbocycles. The van der Waals surface area contributed by atoms with Gasteiger partial charge in [-0.2, -0.15) is 0 Å². The molecule has 0 spiro atoms. The van der Waals surface area contributed by atoms with Crippen molar-refractivity contribution < 1.29 is 0 Å². The average Bonchev–Trinajstić information content (AvgIpc) is 1.76. The van der Waals surface area contributed by atoms with Gasteiger partial charge in [0.05, 0.1) is 0 Å². The second-order valence-corrected chi connectivity index (χ2v) is 2.01. The number of hydrogen-bond acceptors (Lipinski definition) is 0. The Hall–Kier alpha value is -0.260. The van der Waals surface area contributed by atoms with Crippen LogP contribution in [0.3, 0.4) is 0 Å². The van der Waals surface area contributed by atoms with Crippen molar-refractivity contribution in [3.05, 3.63) is 12.2 Å². The third kappa shape index (κ3) is 0.504. The molecule has 0 saturated heterocycles. The summed E-state index contributed by atoms with van der Waals surface area (Å²) in [5.74, 6) is 0. The van der Waals surface area contributed by atoms with E-state index >= 15 is 0 Å². The molecule has 0 N–H and O–H groups in total. The Balaban J connectivity index is 2.47. The maximum absolute atomic E-state index is 3.05. The van der Waals surface area contributed by atoms with E-state index in [1.165, 1.54) is 0 Å². The minimum Gasteiger partial charge on any atom is -0.0701 e. The first-order chi connectivity index (χ1) is 2.21. The summed E-state index contributed by atoms with van der Waals surface area (Å²) >= 11 is 0. The Morgan fingerprint density at radius 3 is 1.80 bits per heavy atom. The van der Waals surface area contributed by atoms with E-state index in [0.717, 1.165) is 0 Å². The van der Waals surface area contributed by atoms with Crippen LogP contribution in [0.15, 0.2) is 6.08 Å². The van der Waals surface area contributed by atoms with Crippen molar-refractivity contribution in [2.24, 2.45) is 5.41 Å². The van der Waals surface area contributed by atoms with Gasteiger partial charge in [0.15, 0.2) is 0 Å². The summed E-state index contributed by atoms with van der Waals surface area (Å²) in [5, 5.41) is 0. The minimum atomic E-state index is 0.375. The molecule has 0 heteroatoms. The van der Waals surface area contributed by atoms with Crippen LogP contribution in [0, 0.1) is 11.5 Å². The SMILES string of the molecule is CC1(C)[C]=C1. The molecule has 0 fully saturated rings. The van der Waals surface area contributed by atoms with Crippen molar-refractivity contribution in [3.8, 4) is 0 Å². The molecule has 0 unspecified atom stereocenters. The second-order valence-electron chi connectivity index (χ2n) is 2.01. The number of allylic oxidation sites excluding steroid dienone is 2. The Morgan fingerprint density at radius 2 is 1.80 bits per heavy atom. The van der Waals surface area contributed by atoms with Crippen LogP contribution in [0.1, 0.15) is 13.8 Å². The normalized spacial score (nSPS) is 26.8. The molecule has 0 atom stereocenters. The van der Waals surface area contributed by atoms with E-state index in [-0.39, 0.29) is 0 Å². The Bertz CT molecular complexity index is 60.1. The second kappa shape index (κ2) is 0.469. The zero-order valence-electron chi connectivity index (χ0n) is 3.58. The monoisotopic (exact) mass is 67.1 g/mol. The fourth-order valence-corrected chi connectivity index (χ4v) is 0.144. The Kier molecular flexibility index (Phi) is 0.277. The van der Waals surface area contributed by atoms with E-state index in [9.17, 15) is 0 Å². The zero-order valence-corrected chi connectivity index (χ0v) is 3.58. The molecule has 0 saturated carbocycles. The topological polar surface area (TPSA) is 0 Å². The van der Waals surface area contributed by atoms with E-state index in [4.69, 9.17) is 0 Å². The van der Waals surface area contributed by atoms with Crippen molar-refractivity contribution >= 4 is 0 Å². The van der Waals surface area contributed by atoms with Crippen LogP contribution < -0.4 is 0 Å². The molecule has 0 aromatic heterocycles. The molecule has 0 heterocycles. The lowest BCUT2D eigenvalue weighted by Gasteiger charge is -1.88. The van der Waals surface area contributed by atoms with Gasteiger partial charge in [-0.15, -0.1) is 0 Å². The van der Waals surface area contributed by atoms with Crippen LogP contribution in [0.4, 0.5) is 0 Å². The molecule has 0 bridgehead atoms. The maximum atomic E-state index is 3.05. The third-order valence-corrected chi connectivity index (χ3v) is 0.722. The first-order valence-electron chi connectivity index (χ1n) is 1.83. The number of hydrogen-bond donors (Lipinski definition) is 0. The van der Waals surface area contributed by atoms with Crippen LogP contribution in [0.5, 0.6) is 0 Å². The van der Waals surface area contributed by atoms with Crippen molar-refractivity contribution in [1.82, 2.24) is 0 Å². The molecule has 0 aromatic rings. The Morgan fingerprint density at radius 1 is 1.60 bits per heavy atom. The Labute approximate surface area is 32.5 Å². The van der Waals surface area contributed by atoms with Crippen molar-refractivity contribution in [1.29, 1.82) is 0 Å². The third-order valence-electron chi connectivity index (χ3n) is 0.722. The van der Waals surface area contributed by atoms with Gasteiger partial charge >= 0.3 is 0 Å². The van der Waals surface area contributed by atoms with Crippen LogP contribution in [-0.2, 0) is 0 Å².